The predicted octanol–water partition coefficient (Wildman–Crippen LogP) is 2.99. The summed E-state index contributed by atoms with van der Waals surface area (Å²) in [5.41, 5.74) is 1.01. The molecule has 0 saturated heterocycles. The highest BCUT2D eigenvalue weighted by Crippen LogP contribution is 2.43. The fourth-order valence-electron chi connectivity index (χ4n) is 2.75. The van der Waals surface area contributed by atoms with Crippen LogP contribution in [0.25, 0.3) is 0 Å². The summed E-state index contributed by atoms with van der Waals surface area (Å²) in [5, 5.41) is 16.8. The molecule has 0 aromatic carbocycles. The fraction of sp³-hybridized carbons (Fsp3) is 0.750. The maximum atomic E-state index is 9.89. The molecule has 1 aliphatic rings. The molecule has 0 bridgehead atoms. The van der Waals surface area contributed by atoms with Crippen molar-refractivity contribution in [2.75, 3.05) is 17.2 Å². The molecule has 1 aromatic rings. The van der Waals surface area contributed by atoms with E-state index in [1.54, 1.807) is 6.33 Å². The van der Waals surface area contributed by atoms with Crippen molar-refractivity contribution in [3.63, 3.8) is 0 Å². The zero-order valence-electron chi connectivity index (χ0n) is 13.8. The van der Waals surface area contributed by atoms with E-state index in [4.69, 9.17) is 0 Å². The van der Waals surface area contributed by atoms with Gasteiger partial charge in [-0.2, -0.15) is 0 Å². The van der Waals surface area contributed by atoms with Gasteiger partial charge in [0.05, 0.1) is 6.10 Å². The highest BCUT2D eigenvalue weighted by Gasteiger charge is 2.47. The van der Waals surface area contributed by atoms with Crippen molar-refractivity contribution in [3.05, 3.63) is 11.9 Å². The van der Waals surface area contributed by atoms with E-state index in [1.807, 2.05) is 0 Å². The first-order valence-electron chi connectivity index (χ1n) is 7.91. The summed E-state index contributed by atoms with van der Waals surface area (Å²) in [4.78, 5) is 8.83. The minimum atomic E-state index is -0.239. The zero-order valence-corrected chi connectivity index (χ0v) is 13.8. The van der Waals surface area contributed by atoms with E-state index in [0.29, 0.717) is 5.92 Å². The van der Waals surface area contributed by atoms with Crippen molar-refractivity contribution in [3.8, 4) is 0 Å². The van der Waals surface area contributed by atoms with Gasteiger partial charge < -0.3 is 15.7 Å². The van der Waals surface area contributed by atoms with Crippen LogP contribution >= 0.6 is 0 Å². The predicted molar refractivity (Wildman–Crippen MR) is 86.7 cm³/mol. The number of hydrogen-bond acceptors (Lipinski definition) is 5. The van der Waals surface area contributed by atoms with Gasteiger partial charge >= 0.3 is 0 Å². The number of anilines is 2. The first-order chi connectivity index (χ1) is 9.87. The molecule has 1 aliphatic carbocycles. The summed E-state index contributed by atoms with van der Waals surface area (Å²) in [6.07, 6.45) is 3.20. The van der Waals surface area contributed by atoms with Crippen molar-refractivity contribution in [1.29, 1.82) is 0 Å². The maximum absolute atomic E-state index is 9.89. The number of nitrogens with zero attached hydrogens (tertiary/aromatic N) is 2. The third-order valence-electron chi connectivity index (χ3n) is 4.53. The average Bonchev–Trinajstić information content (AvgIpc) is 2.44. The molecular formula is C16H28N4O. The molecule has 3 N–H and O–H groups in total. The Balaban J connectivity index is 2.23. The normalized spacial score (nSPS) is 23.8. The summed E-state index contributed by atoms with van der Waals surface area (Å²) in [7, 11) is 0. The molecule has 21 heavy (non-hydrogen) atoms. The lowest BCUT2D eigenvalue weighted by Crippen LogP contribution is -2.57. The van der Waals surface area contributed by atoms with Gasteiger partial charge in [0.25, 0.3) is 0 Å². The van der Waals surface area contributed by atoms with Crippen LogP contribution in [0.15, 0.2) is 6.33 Å². The molecule has 2 atom stereocenters. The lowest BCUT2D eigenvalue weighted by molar-refractivity contribution is -0.0511. The van der Waals surface area contributed by atoms with E-state index in [0.717, 1.165) is 36.6 Å². The van der Waals surface area contributed by atoms with E-state index >= 15 is 0 Å². The van der Waals surface area contributed by atoms with E-state index in [9.17, 15) is 5.11 Å². The highest BCUT2D eigenvalue weighted by atomic mass is 16.3. The quantitative estimate of drug-likeness (QED) is 0.752. The van der Waals surface area contributed by atoms with Crippen LogP contribution in [0.5, 0.6) is 0 Å². The summed E-state index contributed by atoms with van der Waals surface area (Å²) in [6.45, 7) is 11.5. The third-order valence-corrected chi connectivity index (χ3v) is 4.53. The number of aliphatic hydroxyl groups is 1. The number of aliphatic hydroxyl groups excluding tert-OH is 1. The molecule has 1 saturated carbocycles. The zero-order chi connectivity index (χ0) is 15.6. The summed E-state index contributed by atoms with van der Waals surface area (Å²) >= 11 is 0. The molecule has 1 aromatic heterocycles. The first kappa shape index (κ1) is 16.0. The number of hydrogen-bond donors (Lipinski definition) is 3. The Morgan fingerprint density at radius 2 is 2.00 bits per heavy atom. The molecule has 118 valence electrons. The molecule has 0 spiro atoms. The standard InChI is InChI=1S/C16H28N4O/c1-6-7-17-14-13(10(2)3)15(19-9-18-14)20-11-8-12(21)16(11,4)5/h9-12,21H,6-8H2,1-5H3,(H2,17,18,19,20). The molecule has 0 amide bonds. The van der Waals surface area contributed by atoms with Crippen molar-refractivity contribution in [1.82, 2.24) is 9.97 Å². The van der Waals surface area contributed by atoms with Gasteiger partial charge in [-0.05, 0) is 18.8 Å². The van der Waals surface area contributed by atoms with Crippen LogP contribution in [0.2, 0.25) is 0 Å². The molecule has 1 fully saturated rings. The molecule has 1 heterocycles. The first-order valence-corrected chi connectivity index (χ1v) is 7.91. The Bertz CT molecular complexity index is 487. The second kappa shape index (κ2) is 6.18. The van der Waals surface area contributed by atoms with Crippen molar-refractivity contribution >= 4 is 11.6 Å². The molecule has 2 unspecified atom stereocenters. The van der Waals surface area contributed by atoms with Crippen LogP contribution in [0.4, 0.5) is 11.6 Å². The molecular weight excluding hydrogens is 264 g/mol. The van der Waals surface area contributed by atoms with E-state index in [-0.39, 0.29) is 17.6 Å². The number of rotatable bonds is 6. The van der Waals surface area contributed by atoms with Crippen LogP contribution < -0.4 is 10.6 Å². The van der Waals surface area contributed by atoms with E-state index in [2.05, 4.69) is 55.2 Å². The molecule has 0 aliphatic heterocycles. The van der Waals surface area contributed by atoms with E-state index < -0.39 is 0 Å². The number of nitrogens with one attached hydrogen (secondary N) is 2. The summed E-state index contributed by atoms with van der Waals surface area (Å²) in [6, 6.07) is 0.249. The lowest BCUT2D eigenvalue weighted by atomic mass is 9.64. The Hall–Kier alpha value is -1.36. The Morgan fingerprint density at radius 1 is 1.33 bits per heavy atom. The van der Waals surface area contributed by atoms with Gasteiger partial charge in [0.2, 0.25) is 0 Å². The largest absolute Gasteiger partial charge is 0.392 e. The van der Waals surface area contributed by atoms with Crippen LogP contribution in [-0.2, 0) is 0 Å². The van der Waals surface area contributed by atoms with Gasteiger partial charge in [0.1, 0.15) is 18.0 Å². The van der Waals surface area contributed by atoms with Crippen molar-refractivity contribution in [2.24, 2.45) is 5.41 Å². The lowest BCUT2D eigenvalue weighted by Gasteiger charge is -2.49. The molecule has 5 heteroatoms. The molecule has 2 rings (SSSR count). The second-order valence-electron chi connectivity index (χ2n) is 6.84. The Morgan fingerprint density at radius 3 is 2.52 bits per heavy atom. The van der Waals surface area contributed by atoms with Gasteiger partial charge in [-0.3, -0.25) is 0 Å². The third kappa shape index (κ3) is 3.12. The Labute approximate surface area is 127 Å². The average molecular weight is 292 g/mol. The summed E-state index contributed by atoms with van der Waals surface area (Å²) in [5.74, 6) is 2.15. The van der Waals surface area contributed by atoms with Crippen LogP contribution in [0, 0.1) is 5.41 Å². The van der Waals surface area contributed by atoms with Crippen LogP contribution in [0.3, 0.4) is 0 Å². The van der Waals surface area contributed by atoms with Crippen molar-refractivity contribution < 1.29 is 5.11 Å². The highest BCUT2D eigenvalue weighted by molar-refractivity contribution is 5.59. The minimum absolute atomic E-state index is 0.115. The van der Waals surface area contributed by atoms with Crippen molar-refractivity contribution in [2.45, 2.75) is 65.5 Å². The minimum Gasteiger partial charge on any atom is -0.392 e. The van der Waals surface area contributed by atoms with Crippen LogP contribution in [-0.4, -0.2) is 33.8 Å². The second-order valence-corrected chi connectivity index (χ2v) is 6.84. The van der Waals surface area contributed by atoms with Crippen LogP contribution in [0.1, 0.15) is 58.9 Å². The van der Waals surface area contributed by atoms with Gasteiger partial charge in [0, 0.05) is 23.6 Å². The number of aromatic nitrogens is 2. The van der Waals surface area contributed by atoms with Gasteiger partial charge in [0.15, 0.2) is 0 Å². The summed E-state index contributed by atoms with van der Waals surface area (Å²) < 4.78 is 0. The van der Waals surface area contributed by atoms with Gasteiger partial charge in [-0.15, -0.1) is 0 Å². The fourth-order valence-corrected chi connectivity index (χ4v) is 2.75. The van der Waals surface area contributed by atoms with Gasteiger partial charge in [-0.25, -0.2) is 9.97 Å². The van der Waals surface area contributed by atoms with Gasteiger partial charge in [-0.1, -0.05) is 34.6 Å². The molecule has 5 nitrogen and oxygen atoms in total. The monoisotopic (exact) mass is 292 g/mol. The SMILES string of the molecule is CCCNc1ncnc(NC2CC(O)C2(C)C)c1C(C)C. The topological polar surface area (TPSA) is 70.1 Å². The maximum Gasteiger partial charge on any atom is 0.135 e. The smallest absolute Gasteiger partial charge is 0.135 e. The molecule has 0 radical (unpaired) electrons. The Kier molecular flexibility index (Phi) is 4.71. The van der Waals surface area contributed by atoms with E-state index in [1.165, 1.54) is 0 Å².